The van der Waals surface area contributed by atoms with Gasteiger partial charge in [0.05, 0.1) is 12.6 Å². The smallest absolute Gasteiger partial charge is 0.329 e. The van der Waals surface area contributed by atoms with E-state index < -0.39 is 24.3 Å². The third-order valence-electron chi connectivity index (χ3n) is 2.09. The quantitative estimate of drug-likeness (QED) is 0.572. The van der Waals surface area contributed by atoms with E-state index in [4.69, 9.17) is 9.84 Å². The lowest BCUT2D eigenvalue weighted by Crippen LogP contribution is -2.42. The van der Waals surface area contributed by atoms with Gasteiger partial charge < -0.3 is 15.2 Å². The zero-order valence-electron chi connectivity index (χ0n) is 10.2. The van der Waals surface area contributed by atoms with E-state index in [0.29, 0.717) is 6.42 Å². The molecule has 0 heterocycles. The van der Waals surface area contributed by atoms with Crippen LogP contribution in [0.25, 0.3) is 0 Å². The summed E-state index contributed by atoms with van der Waals surface area (Å²) in [5.41, 5.74) is 0. The van der Waals surface area contributed by atoms with Gasteiger partial charge in [0.1, 0.15) is 6.61 Å². The van der Waals surface area contributed by atoms with E-state index in [1.807, 2.05) is 6.92 Å². The van der Waals surface area contributed by atoms with Crippen LogP contribution in [0, 0.1) is 0 Å². The van der Waals surface area contributed by atoms with Gasteiger partial charge in [0, 0.05) is 6.42 Å². The van der Waals surface area contributed by atoms with Crippen molar-refractivity contribution in [1.82, 2.24) is 5.32 Å². The zero-order valence-corrected chi connectivity index (χ0v) is 10.2. The maximum atomic E-state index is 11.3. The predicted octanol–water partition coefficient (Wildman–Crippen LogP) is 0.352. The van der Waals surface area contributed by atoms with Crippen molar-refractivity contribution in [3.63, 3.8) is 0 Å². The Balaban J connectivity index is 4.09. The average Bonchev–Trinajstić information content (AvgIpc) is 2.27. The number of nitrogens with one attached hydrogen (secondary N) is 1. The summed E-state index contributed by atoms with van der Waals surface area (Å²) in [5, 5.41) is 10.9. The molecule has 0 aromatic heterocycles. The van der Waals surface area contributed by atoms with E-state index in [-0.39, 0.29) is 19.1 Å². The molecule has 0 aromatic carbocycles. The third-order valence-corrected chi connectivity index (χ3v) is 2.09. The number of ether oxygens (including phenoxy) is 1. The van der Waals surface area contributed by atoms with E-state index in [0.717, 1.165) is 6.42 Å². The van der Waals surface area contributed by atoms with Crippen LogP contribution < -0.4 is 5.32 Å². The Morgan fingerprint density at radius 1 is 1.29 bits per heavy atom. The fraction of sp³-hybridized carbons (Fsp3) is 0.727. The average molecular weight is 245 g/mol. The number of carbonyl (C=O) groups is 3. The molecule has 6 heteroatoms. The molecule has 0 rings (SSSR count). The van der Waals surface area contributed by atoms with E-state index in [9.17, 15) is 14.4 Å². The number of hydrogen-bond donors (Lipinski definition) is 2. The van der Waals surface area contributed by atoms with Crippen molar-refractivity contribution in [3.05, 3.63) is 0 Å². The first-order valence-corrected chi connectivity index (χ1v) is 5.64. The van der Waals surface area contributed by atoms with Crippen molar-refractivity contribution in [2.45, 2.75) is 39.2 Å². The summed E-state index contributed by atoms with van der Waals surface area (Å²) in [5.74, 6) is -2.18. The van der Waals surface area contributed by atoms with E-state index >= 15 is 0 Å². The number of rotatable bonds is 9. The highest BCUT2D eigenvalue weighted by molar-refractivity contribution is 6.36. The molecule has 0 aliphatic rings. The van der Waals surface area contributed by atoms with Gasteiger partial charge in [-0.2, -0.15) is 0 Å². The topological polar surface area (TPSA) is 92.7 Å². The number of amides is 1. The lowest BCUT2D eigenvalue weighted by atomic mass is 10.1. The number of hydrogen-bond acceptors (Lipinski definition) is 4. The first kappa shape index (κ1) is 15.6. The lowest BCUT2D eigenvalue weighted by molar-refractivity contribution is -0.143. The van der Waals surface area contributed by atoms with Gasteiger partial charge in [0.25, 0.3) is 5.91 Å². The number of carbonyl (C=O) groups excluding carboxylic acids is 2. The molecule has 1 amide bonds. The normalized spacial score (nSPS) is 11.9. The Labute approximate surface area is 100 Å². The minimum absolute atomic E-state index is 0.100. The number of Topliss-reactive ketones (excluding diaryl/α,β-unsaturated/α-hetero) is 1. The molecule has 6 nitrogen and oxygen atoms in total. The Kier molecular flexibility index (Phi) is 7.96. The minimum atomic E-state index is -1.06. The van der Waals surface area contributed by atoms with Crippen LogP contribution >= 0.6 is 0 Å². The second-order valence-electron chi connectivity index (χ2n) is 3.64. The summed E-state index contributed by atoms with van der Waals surface area (Å²) in [6, 6.07) is -0.317. The summed E-state index contributed by atoms with van der Waals surface area (Å²) in [6.07, 6.45) is 1.60. The number of aliphatic carboxylic acids is 1. The highest BCUT2D eigenvalue weighted by Crippen LogP contribution is 1.98. The molecule has 0 aliphatic carbocycles. The van der Waals surface area contributed by atoms with Gasteiger partial charge in [-0.3, -0.25) is 9.59 Å². The number of carboxylic acids is 1. The van der Waals surface area contributed by atoms with Gasteiger partial charge >= 0.3 is 5.97 Å². The third kappa shape index (κ3) is 7.46. The van der Waals surface area contributed by atoms with Crippen LogP contribution in [0.4, 0.5) is 0 Å². The molecule has 0 radical (unpaired) electrons. The summed E-state index contributed by atoms with van der Waals surface area (Å²) in [6.45, 7) is 3.23. The van der Waals surface area contributed by atoms with Gasteiger partial charge in [0.15, 0.2) is 0 Å². The maximum Gasteiger partial charge on any atom is 0.329 e. The molecule has 0 aromatic rings. The Morgan fingerprint density at radius 2 is 1.94 bits per heavy atom. The molecule has 98 valence electrons. The molecular weight excluding hydrogens is 226 g/mol. The zero-order chi connectivity index (χ0) is 13.3. The van der Waals surface area contributed by atoms with Crippen LogP contribution in [-0.4, -0.2) is 42.0 Å². The minimum Gasteiger partial charge on any atom is -0.480 e. The van der Waals surface area contributed by atoms with Crippen molar-refractivity contribution in [3.8, 4) is 0 Å². The Hall–Kier alpha value is -1.43. The van der Waals surface area contributed by atoms with Gasteiger partial charge in [-0.1, -0.05) is 20.3 Å². The van der Waals surface area contributed by atoms with Crippen molar-refractivity contribution in [1.29, 1.82) is 0 Å². The molecule has 0 fully saturated rings. The van der Waals surface area contributed by atoms with E-state index in [1.54, 1.807) is 6.92 Å². The van der Waals surface area contributed by atoms with Crippen molar-refractivity contribution in [2.24, 2.45) is 0 Å². The van der Waals surface area contributed by atoms with Crippen molar-refractivity contribution < 1.29 is 24.2 Å². The second kappa shape index (κ2) is 8.69. The molecular formula is C11H19NO5. The molecule has 0 aliphatic heterocycles. The van der Waals surface area contributed by atoms with Crippen LogP contribution in [0.15, 0.2) is 0 Å². The molecule has 0 saturated heterocycles. The fourth-order valence-corrected chi connectivity index (χ4v) is 1.26. The molecule has 0 saturated carbocycles. The summed E-state index contributed by atoms with van der Waals surface area (Å²) < 4.78 is 4.90. The summed E-state index contributed by atoms with van der Waals surface area (Å²) in [7, 11) is 0. The van der Waals surface area contributed by atoms with Crippen LogP contribution in [0.5, 0.6) is 0 Å². The number of carboxylic acid groups (broad SMARTS) is 1. The fourth-order valence-electron chi connectivity index (χ4n) is 1.26. The Morgan fingerprint density at radius 3 is 2.41 bits per heavy atom. The largest absolute Gasteiger partial charge is 0.480 e. The molecule has 0 spiro atoms. The van der Waals surface area contributed by atoms with Gasteiger partial charge in [-0.25, -0.2) is 4.79 Å². The van der Waals surface area contributed by atoms with Gasteiger partial charge in [0.2, 0.25) is 5.78 Å². The van der Waals surface area contributed by atoms with Crippen molar-refractivity contribution >= 4 is 17.7 Å². The molecule has 2 N–H and O–H groups in total. The highest BCUT2D eigenvalue weighted by Gasteiger charge is 2.16. The van der Waals surface area contributed by atoms with Crippen LogP contribution in [-0.2, 0) is 19.1 Å². The summed E-state index contributed by atoms with van der Waals surface area (Å²) >= 11 is 0. The van der Waals surface area contributed by atoms with Crippen molar-refractivity contribution in [2.75, 3.05) is 13.2 Å². The first-order valence-electron chi connectivity index (χ1n) is 5.64. The van der Waals surface area contributed by atoms with Crippen LogP contribution in [0.1, 0.15) is 33.1 Å². The molecule has 0 bridgehead atoms. The lowest BCUT2D eigenvalue weighted by Gasteiger charge is -2.17. The molecule has 1 unspecified atom stereocenters. The monoisotopic (exact) mass is 245 g/mol. The van der Waals surface area contributed by atoms with Crippen LogP contribution in [0.3, 0.4) is 0 Å². The van der Waals surface area contributed by atoms with Gasteiger partial charge in [-0.05, 0) is 6.42 Å². The maximum absolute atomic E-state index is 11.3. The van der Waals surface area contributed by atoms with Crippen LogP contribution in [0.2, 0.25) is 0 Å². The second-order valence-corrected chi connectivity index (χ2v) is 3.64. The first-order chi connectivity index (χ1) is 8.01. The van der Waals surface area contributed by atoms with E-state index in [2.05, 4.69) is 5.32 Å². The molecule has 1 atom stereocenters. The Bertz CT molecular complexity index is 277. The standard InChI is InChI=1S/C11H19NO5/c1-3-5-8(6-17-7-10(14)15)12-11(16)9(13)4-2/h8H,3-7H2,1-2H3,(H,12,16)(H,14,15). The summed E-state index contributed by atoms with van der Waals surface area (Å²) in [4.78, 5) is 32.7. The van der Waals surface area contributed by atoms with Gasteiger partial charge in [-0.15, -0.1) is 0 Å². The molecule has 17 heavy (non-hydrogen) atoms. The number of ketones is 1. The predicted molar refractivity (Wildman–Crippen MR) is 60.6 cm³/mol. The SMILES string of the molecule is CCCC(COCC(=O)O)NC(=O)C(=O)CC. The highest BCUT2D eigenvalue weighted by atomic mass is 16.5. The van der Waals surface area contributed by atoms with E-state index in [1.165, 1.54) is 0 Å².